The largest absolute Gasteiger partial charge is 0.455 e. The lowest BCUT2D eigenvalue weighted by molar-refractivity contribution is -0.116. The molecular formula is C23H20ClNO3. The SMILES string of the molecule is O=C(CCCC(=O)c1ccccc1)Nc1cc(Cl)ccc1Oc1ccccc1. The summed E-state index contributed by atoms with van der Waals surface area (Å²) in [5, 5.41) is 3.32. The Kier molecular flexibility index (Phi) is 6.82. The summed E-state index contributed by atoms with van der Waals surface area (Å²) in [6, 6.07) is 23.4. The number of anilines is 1. The quantitative estimate of drug-likeness (QED) is 0.469. The van der Waals surface area contributed by atoms with E-state index >= 15 is 0 Å². The predicted molar refractivity (Wildman–Crippen MR) is 111 cm³/mol. The predicted octanol–water partition coefficient (Wildman–Crippen LogP) is 6.12. The van der Waals surface area contributed by atoms with Crippen molar-refractivity contribution in [2.45, 2.75) is 19.3 Å². The molecule has 0 aliphatic carbocycles. The van der Waals surface area contributed by atoms with Crippen molar-refractivity contribution in [3.63, 3.8) is 0 Å². The van der Waals surface area contributed by atoms with Crippen molar-refractivity contribution in [2.24, 2.45) is 0 Å². The molecule has 0 saturated heterocycles. The summed E-state index contributed by atoms with van der Waals surface area (Å²) in [4.78, 5) is 24.4. The van der Waals surface area contributed by atoms with Crippen molar-refractivity contribution in [3.8, 4) is 11.5 Å². The Morgan fingerprint density at radius 2 is 1.54 bits per heavy atom. The van der Waals surface area contributed by atoms with E-state index in [2.05, 4.69) is 5.32 Å². The zero-order valence-corrected chi connectivity index (χ0v) is 16.0. The number of ketones is 1. The van der Waals surface area contributed by atoms with Crippen molar-refractivity contribution in [2.75, 3.05) is 5.32 Å². The molecule has 0 unspecified atom stereocenters. The monoisotopic (exact) mass is 393 g/mol. The number of Topliss-reactive ketones (excluding diaryl/α,β-unsaturated/α-hetero) is 1. The Hall–Kier alpha value is -3.11. The third-order valence-electron chi connectivity index (χ3n) is 4.09. The number of rotatable bonds is 8. The van der Waals surface area contributed by atoms with E-state index in [1.807, 2.05) is 48.5 Å². The maximum absolute atomic E-state index is 12.3. The van der Waals surface area contributed by atoms with Gasteiger partial charge in [-0.1, -0.05) is 60.1 Å². The van der Waals surface area contributed by atoms with Gasteiger partial charge in [0.25, 0.3) is 0 Å². The van der Waals surface area contributed by atoms with E-state index in [4.69, 9.17) is 16.3 Å². The lowest BCUT2D eigenvalue weighted by Crippen LogP contribution is -2.12. The van der Waals surface area contributed by atoms with E-state index in [1.165, 1.54) is 0 Å². The maximum atomic E-state index is 12.3. The first-order valence-corrected chi connectivity index (χ1v) is 9.40. The van der Waals surface area contributed by atoms with Gasteiger partial charge in [0.15, 0.2) is 11.5 Å². The number of amides is 1. The molecular weight excluding hydrogens is 374 g/mol. The van der Waals surface area contributed by atoms with Gasteiger partial charge in [0.05, 0.1) is 5.69 Å². The highest BCUT2D eigenvalue weighted by molar-refractivity contribution is 6.31. The number of carbonyl (C=O) groups excluding carboxylic acids is 2. The van der Waals surface area contributed by atoms with Crippen LogP contribution >= 0.6 is 11.6 Å². The van der Waals surface area contributed by atoms with Crippen molar-refractivity contribution in [1.29, 1.82) is 0 Å². The molecule has 3 aromatic carbocycles. The van der Waals surface area contributed by atoms with Crippen molar-refractivity contribution in [1.82, 2.24) is 0 Å². The highest BCUT2D eigenvalue weighted by Crippen LogP contribution is 2.32. The summed E-state index contributed by atoms with van der Waals surface area (Å²) < 4.78 is 5.84. The van der Waals surface area contributed by atoms with E-state index < -0.39 is 0 Å². The van der Waals surface area contributed by atoms with Crippen LogP contribution in [0, 0.1) is 0 Å². The van der Waals surface area contributed by atoms with Crippen LogP contribution < -0.4 is 10.1 Å². The van der Waals surface area contributed by atoms with Gasteiger partial charge in [-0.2, -0.15) is 0 Å². The van der Waals surface area contributed by atoms with Crippen LogP contribution in [-0.4, -0.2) is 11.7 Å². The standard InChI is InChI=1S/C23H20ClNO3/c24-18-14-15-22(28-19-10-5-2-6-11-19)20(16-18)25-23(27)13-7-12-21(26)17-8-3-1-4-9-17/h1-6,8-11,14-16H,7,12-13H2,(H,25,27). The Labute approximate surface area is 169 Å². The van der Waals surface area contributed by atoms with E-state index in [0.29, 0.717) is 40.6 Å². The minimum Gasteiger partial charge on any atom is -0.455 e. The first kappa shape index (κ1) is 19.6. The molecule has 142 valence electrons. The van der Waals surface area contributed by atoms with Gasteiger partial charge < -0.3 is 10.1 Å². The number of ether oxygens (including phenoxy) is 1. The van der Waals surface area contributed by atoms with Crippen LogP contribution in [-0.2, 0) is 4.79 Å². The van der Waals surface area contributed by atoms with E-state index in [9.17, 15) is 9.59 Å². The molecule has 0 heterocycles. The van der Waals surface area contributed by atoms with E-state index in [0.717, 1.165) is 0 Å². The van der Waals surface area contributed by atoms with Crippen molar-refractivity contribution >= 4 is 29.0 Å². The summed E-state index contributed by atoms with van der Waals surface area (Å²) in [5.41, 5.74) is 1.16. The first-order valence-electron chi connectivity index (χ1n) is 9.02. The summed E-state index contributed by atoms with van der Waals surface area (Å²) in [7, 11) is 0. The fourth-order valence-corrected chi connectivity index (χ4v) is 2.87. The van der Waals surface area contributed by atoms with Crippen LogP contribution in [0.25, 0.3) is 0 Å². The van der Waals surface area contributed by atoms with Gasteiger partial charge in [0, 0.05) is 23.4 Å². The summed E-state index contributed by atoms with van der Waals surface area (Å²) in [6.07, 6.45) is 1.02. The Morgan fingerprint density at radius 1 is 0.857 bits per heavy atom. The second kappa shape index (κ2) is 9.72. The molecule has 3 aromatic rings. The van der Waals surface area contributed by atoms with E-state index in [-0.39, 0.29) is 18.1 Å². The second-order valence-corrected chi connectivity index (χ2v) is 6.68. The molecule has 4 nitrogen and oxygen atoms in total. The Morgan fingerprint density at radius 3 is 2.25 bits per heavy atom. The zero-order valence-electron chi connectivity index (χ0n) is 15.2. The van der Waals surface area contributed by atoms with Crippen LogP contribution in [0.2, 0.25) is 5.02 Å². The molecule has 0 spiro atoms. The highest BCUT2D eigenvalue weighted by atomic mass is 35.5. The molecule has 28 heavy (non-hydrogen) atoms. The number of carbonyl (C=O) groups is 2. The van der Waals surface area contributed by atoms with Crippen LogP contribution in [0.15, 0.2) is 78.9 Å². The fourth-order valence-electron chi connectivity index (χ4n) is 2.69. The lowest BCUT2D eigenvalue weighted by atomic mass is 10.1. The van der Waals surface area contributed by atoms with Gasteiger partial charge in [-0.3, -0.25) is 9.59 Å². The summed E-state index contributed by atoms with van der Waals surface area (Å²) in [5.74, 6) is 1.00. The minimum absolute atomic E-state index is 0.0317. The Bertz CT molecular complexity index is 943. The molecule has 0 atom stereocenters. The van der Waals surface area contributed by atoms with Gasteiger partial charge in [-0.25, -0.2) is 0 Å². The lowest BCUT2D eigenvalue weighted by Gasteiger charge is -2.13. The third-order valence-corrected chi connectivity index (χ3v) is 4.33. The average molecular weight is 394 g/mol. The van der Waals surface area contributed by atoms with Crippen LogP contribution in [0.3, 0.4) is 0 Å². The van der Waals surface area contributed by atoms with Crippen LogP contribution in [0.5, 0.6) is 11.5 Å². The second-order valence-electron chi connectivity index (χ2n) is 6.25. The number of benzene rings is 3. The van der Waals surface area contributed by atoms with Crippen LogP contribution in [0.1, 0.15) is 29.6 Å². The smallest absolute Gasteiger partial charge is 0.224 e. The van der Waals surface area contributed by atoms with Crippen LogP contribution in [0.4, 0.5) is 5.69 Å². The minimum atomic E-state index is -0.193. The highest BCUT2D eigenvalue weighted by Gasteiger charge is 2.11. The molecule has 0 aromatic heterocycles. The molecule has 0 aliphatic heterocycles. The molecule has 0 bridgehead atoms. The topological polar surface area (TPSA) is 55.4 Å². The molecule has 1 amide bonds. The maximum Gasteiger partial charge on any atom is 0.224 e. The fraction of sp³-hybridized carbons (Fsp3) is 0.130. The third kappa shape index (κ3) is 5.69. The normalized spacial score (nSPS) is 10.3. The number of hydrogen-bond donors (Lipinski definition) is 1. The molecule has 5 heteroatoms. The van der Waals surface area contributed by atoms with Gasteiger partial charge in [-0.05, 0) is 36.8 Å². The molecule has 0 fully saturated rings. The van der Waals surface area contributed by atoms with Gasteiger partial charge >= 0.3 is 0 Å². The molecule has 0 radical (unpaired) electrons. The van der Waals surface area contributed by atoms with Crippen molar-refractivity contribution < 1.29 is 14.3 Å². The average Bonchev–Trinajstić information content (AvgIpc) is 2.71. The van der Waals surface area contributed by atoms with E-state index in [1.54, 1.807) is 30.3 Å². The number of para-hydroxylation sites is 1. The number of hydrogen-bond acceptors (Lipinski definition) is 3. The number of halogens is 1. The van der Waals surface area contributed by atoms with Gasteiger partial charge in [-0.15, -0.1) is 0 Å². The Balaban J connectivity index is 1.57. The number of nitrogens with one attached hydrogen (secondary N) is 1. The first-order chi connectivity index (χ1) is 13.6. The molecule has 0 aliphatic rings. The molecule has 0 saturated carbocycles. The van der Waals surface area contributed by atoms with Gasteiger partial charge in [0.1, 0.15) is 5.75 Å². The summed E-state index contributed by atoms with van der Waals surface area (Å²) in [6.45, 7) is 0. The van der Waals surface area contributed by atoms with Gasteiger partial charge in [0.2, 0.25) is 5.91 Å². The summed E-state index contributed by atoms with van der Waals surface area (Å²) >= 11 is 6.07. The molecule has 1 N–H and O–H groups in total. The zero-order chi connectivity index (χ0) is 19.8. The molecule has 3 rings (SSSR count). The van der Waals surface area contributed by atoms with Crippen molar-refractivity contribution in [3.05, 3.63) is 89.4 Å².